The van der Waals surface area contributed by atoms with Crippen LogP contribution >= 0.6 is 24.0 Å². The van der Waals surface area contributed by atoms with E-state index in [4.69, 9.17) is 4.99 Å². The third kappa shape index (κ3) is 7.91. The molecule has 4 heterocycles. The Hall–Kier alpha value is -1.75. The van der Waals surface area contributed by atoms with Crippen molar-refractivity contribution < 1.29 is 0 Å². The number of nitrogens with zero attached hydrogens (tertiary/aromatic N) is 6. The lowest BCUT2D eigenvalue weighted by atomic mass is 10.0. The number of rotatable bonds is 8. The summed E-state index contributed by atoms with van der Waals surface area (Å²) in [6, 6.07) is 6.62. The van der Waals surface area contributed by atoms with Gasteiger partial charge in [0.05, 0.1) is 5.69 Å². The van der Waals surface area contributed by atoms with Crippen LogP contribution in [0.15, 0.2) is 29.4 Å². The van der Waals surface area contributed by atoms with E-state index in [0.717, 1.165) is 88.9 Å². The van der Waals surface area contributed by atoms with Gasteiger partial charge in [-0.2, -0.15) is 0 Å². The highest BCUT2D eigenvalue weighted by molar-refractivity contribution is 14.0. The summed E-state index contributed by atoms with van der Waals surface area (Å²) in [5, 5.41) is 15.9. The zero-order valence-electron chi connectivity index (χ0n) is 19.9. The molecule has 0 unspecified atom stereocenters. The molecule has 33 heavy (non-hydrogen) atoms. The molecule has 0 saturated carbocycles. The number of piperidine rings is 1. The van der Waals surface area contributed by atoms with Crippen LogP contribution in [0.25, 0.3) is 0 Å². The van der Waals surface area contributed by atoms with Crippen LogP contribution in [0.3, 0.4) is 0 Å². The van der Waals surface area contributed by atoms with Crippen molar-refractivity contribution in [3.8, 4) is 0 Å². The van der Waals surface area contributed by atoms with E-state index < -0.39 is 0 Å². The average Bonchev–Trinajstić information content (AvgIpc) is 3.04. The van der Waals surface area contributed by atoms with E-state index in [-0.39, 0.29) is 24.0 Å². The SMILES string of the molecule is CCNC(=NCCCc1nnc2n1CCCCC2)NC1CCN(Cc2ccccn2)CC1.I. The first-order chi connectivity index (χ1) is 15.8. The van der Waals surface area contributed by atoms with E-state index in [1.165, 1.54) is 25.1 Å². The van der Waals surface area contributed by atoms with Crippen molar-refractivity contribution >= 4 is 29.9 Å². The molecule has 0 bridgehead atoms. The third-order valence-electron chi connectivity index (χ3n) is 6.40. The van der Waals surface area contributed by atoms with Crippen LogP contribution in [-0.2, 0) is 25.9 Å². The lowest BCUT2D eigenvalue weighted by molar-refractivity contribution is 0.196. The van der Waals surface area contributed by atoms with Gasteiger partial charge in [0.15, 0.2) is 5.96 Å². The fourth-order valence-corrected chi connectivity index (χ4v) is 4.63. The topological polar surface area (TPSA) is 83.3 Å². The van der Waals surface area contributed by atoms with Crippen molar-refractivity contribution in [2.24, 2.45) is 4.99 Å². The van der Waals surface area contributed by atoms with Crippen molar-refractivity contribution in [2.45, 2.75) is 77.4 Å². The molecule has 9 heteroatoms. The smallest absolute Gasteiger partial charge is 0.191 e. The Bertz CT molecular complexity index is 845. The predicted molar refractivity (Wildman–Crippen MR) is 143 cm³/mol. The minimum absolute atomic E-state index is 0. The van der Waals surface area contributed by atoms with Crippen LogP contribution in [0.1, 0.15) is 62.8 Å². The predicted octanol–water partition coefficient (Wildman–Crippen LogP) is 3.17. The van der Waals surface area contributed by atoms with Crippen LogP contribution < -0.4 is 10.6 Å². The summed E-state index contributed by atoms with van der Waals surface area (Å²) >= 11 is 0. The maximum Gasteiger partial charge on any atom is 0.191 e. The number of hydrogen-bond acceptors (Lipinski definition) is 5. The van der Waals surface area contributed by atoms with Crippen LogP contribution in [-0.4, -0.2) is 62.8 Å². The lowest BCUT2D eigenvalue weighted by Gasteiger charge is -2.32. The van der Waals surface area contributed by atoms with Gasteiger partial charge in [-0.25, -0.2) is 0 Å². The molecule has 0 spiro atoms. The van der Waals surface area contributed by atoms with Gasteiger partial charge in [-0.3, -0.25) is 14.9 Å². The second-order valence-electron chi connectivity index (χ2n) is 8.87. The van der Waals surface area contributed by atoms with Gasteiger partial charge in [-0.15, -0.1) is 34.2 Å². The molecule has 2 aromatic rings. The highest BCUT2D eigenvalue weighted by Gasteiger charge is 2.20. The van der Waals surface area contributed by atoms with E-state index in [9.17, 15) is 0 Å². The number of aliphatic imine (C=N–C) groups is 1. The molecule has 0 radical (unpaired) electrons. The zero-order chi connectivity index (χ0) is 22.0. The molecular weight excluding hydrogens is 527 g/mol. The fraction of sp³-hybridized carbons (Fsp3) is 0.667. The Balaban J connectivity index is 0.00000306. The molecule has 2 aliphatic rings. The summed E-state index contributed by atoms with van der Waals surface area (Å²) in [6.45, 7) is 7.99. The van der Waals surface area contributed by atoms with Crippen molar-refractivity contribution in [1.82, 2.24) is 35.3 Å². The summed E-state index contributed by atoms with van der Waals surface area (Å²) in [6.07, 6.45) is 10.9. The number of aryl methyl sites for hydroxylation is 2. The standard InChI is InChI=1S/C24H38N8.HI/c1-2-25-24(27-15-8-11-23-30-29-22-10-4-3-7-16-32(22)23)28-20-12-17-31(18-13-20)19-21-9-5-6-14-26-21;/h5-6,9,14,20H,2-4,7-8,10-13,15-19H2,1H3,(H2,25,27,28);1H. The van der Waals surface area contributed by atoms with E-state index >= 15 is 0 Å². The van der Waals surface area contributed by atoms with E-state index in [1.54, 1.807) is 0 Å². The highest BCUT2D eigenvalue weighted by atomic mass is 127. The van der Waals surface area contributed by atoms with E-state index in [1.807, 2.05) is 12.3 Å². The summed E-state index contributed by atoms with van der Waals surface area (Å²) in [5.74, 6) is 3.25. The van der Waals surface area contributed by atoms with Crippen LogP contribution in [0, 0.1) is 0 Å². The Morgan fingerprint density at radius 3 is 2.79 bits per heavy atom. The monoisotopic (exact) mass is 566 g/mol. The van der Waals surface area contributed by atoms with Crippen LogP contribution in [0.2, 0.25) is 0 Å². The first kappa shape index (κ1) is 25.9. The second-order valence-corrected chi connectivity index (χ2v) is 8.87. The first-order valence-electron chi connectivity index (χ1n) is 12.4. The highest BCUT2D eigenvalue weighted by Crippen LogP contribution is 2.15. The van der Waals surface area contributed by atoms with Gasteiger partial charge in [0.1, 0.15) is 11.6 Å². The van der Waals surface area contributed by atoms with Gasteiger partial charge in [-0.1, -0.05) is 12.5 Å². The number of guanidine groups is 1. The molecule has 8 nitrogen and oxygen atoms in total. The number of hydrogen-bond donors (Lipinski definition) is 2. The number of fused-ring (bicyclic) bond motifs is 1. The summed E-state index contributed by atoms with van der Waals surface area (Å²) in [5.41, 5.74) is 1.15. The molecule has 2 aromatic heterocycles. The average molecular weight is 567 g/mol. The van der Waals surface area contributed by atoms with Crippen molar-refractivity contribution in [3.05, 3.63) is 41.7 Å². The largest absolute Gasteiger partial charge is 0.357 e. The van der Waals surface area contributed by atoms with Gasteiger partial charge in [-0.05, 0) is 51.2 Å². The Labute approximate surface area is 215 Å². The number of nitrogens with one attached hydrogen (secondary N) is 2. The Morgan fingerprint density at radius 2 is 2.00 bits per heavy atom. The molecule has 0 aromatic carbocycles. The molecule has 2 aliphatic heterocycles. The number of likely N-dealkylation sites (tertiary alicyclic amines) is 1. The van der Waals surface area contributed by atoms with Crippen LogP contribution in [0.4, 0.5) is 0 Å². The Kier molecular flexibility index (Phi) is 10.8. The minimum Gasteiger partial charge on any atom is -0.357 e. The molecular formula is C24H39IN8. The normalized spacial score (nSPS) is 17.7. The van der Waals surface area contributed by atoms with Gasteiger partial charge in [0.2, 0.25) is 0 Å². The molecule has 182 valence electrons. The Morgan fingerprint density at radius 1 is 1.12 bits per heavy atom. The molecule has 1 saturated heterocycles. The number of aromatic nitrogens is 4. The maximum absolute atomic E-state index is 4.84. The summed E-state index contributed by atoms with van der Waals surface area (Å²) < 4.78 is 2.35. The molecule has 1 fully saturated rings. The van der Waals surface area contributed by atoms with Crippen molar-refractivity contribution in [2.75, 3.05) is 26.2 Å². The van der Waals surface area contributed by atoms with Gasteiger partial charge in [0, 0.05) is 64.3 Å². The minimum atomic E-state index is 0. The van der Waals surface area contributed by atoms with Gasteiger partial charge >= 0.3 is 0 Å². The molecule has 0 aliphatic carbocycles. The second kappa shape index (κ2) is 13.8. The number of pyridine rings is 1. The molecule has 2 N–H and O–H groups in total. The van der Waals surface area contributed by atoms with Crippen molar-refractivity contribution in [3.63, 3.8) is 0 Å². The molecule has 4 rings (SSSR count). The lowest BCUT2D eigenvalue weighted by Crippen LogP contribution is -2.48. The number of halogens is 1. The summed E-state index contributed by atoms with van der Waals surface area (Å²) in [7, 11) is 0. The summed E-state index contributed by atoms with van der Waals surface area (Å²) in [4.78, 5) is 11.8. The molecule has 0 atom stereocenters. The third-order valence-corrected chi connectivity index (χ3v) is 6.40. The van der Waals surface area contributed by atoms with Gasteiger partial charge < -0.3 is 15.2 Å². The van der Waals surface area contributed by atoms with E-state index in [0.29, 0.717) is 6.04 Å². The van der Waals surface area contributed by atoms with E-state index in [2.05, 4.69) is 54.3 Å². The fourth-order valence-electron chi connectivity index (χ4n) is 4.63. The van der Waals surface area contributed by atoms with Crippen molar-refractivity contribution in [1.29, 1.82) is 0 Å². The molecule has 0 amide bonds. The maximum atomic E-state index is 4.84. The first-order valence-corrected chi connectivity index (χ1v) is 12.4. The van der Waals surface area contributed by atoms with Gasteiger partial charge in [0.25, 0.3) is 0 Å². The zero-order valence-corrected chi connectivity index (χ0v) is 22.2. The quantitative estimate of drug-likeness (QED) is 0.221. The van der Waals surface area contributed by atoms with Crippen LogP contribution in [0.5, 0.6) is 0 Å².